The van der Waals surface area contributed by atoms with Gasteiger partial charge < -0.3 is 14.5 Å². The molecule has 4 aromatic heterocycles. The summed E-state index contributed by atoms with van der Waals surface area (Å²) in [7, 11) is 3.47. The molecule has 10 heteroatoms. The molecule has 0 spiro atoms. The molecule has 38 heavy (non-hydrogen) atoms. The van der Waals surface area contributed by atoms with Crippen molar-refractivity contribution in [1.29, 1.82) is 5.26 Å². The van der Waals surface area contributed by atoms with Crippen molar-refractivity contribution >= 4 is 17.0 Å². The number of methoxy groups -OCH3 is 1. The fourth-order valence-electron chi connectivity index (χ4n) is 5.57. The number of ether oxygens (including phenoxy) is 1. The van der Waals surface area contributed by atoms with Crippen LogP contribution in [0.4, 0.5) is 15.9 Å². The Morgan fingerprint density at radius 1 is 1.13 bits per heavy atom. The summed E-state index contributed by atoms with van der Waals surface area (Å²) in [6, 6.07) is 13.3. The first-order chi connectivity index (χ1) is 18.6. The number of hydrogen-bond acceptors (Lipinski definition) is 8. The van der Waals surface area contributed by atoms with E-state index in [9.17, 15) is 9.65 Å². The van der Waals surface area contributed by atoms with Gasteiger partial charge >= 0.3 is 0 Å². The molecule has 3 aliphatic heterocycles. The minimum Gasteiger partial charge on any atom is -0.481 e. The third-order valence-corrected chi connectivity index (χ3v) is 7.68. The fraction of sp³-hybridized carbons (Fsp3) is 0.357. The molecule has 3 aliphatic rings. The molecular weight excluding hydrogens is 483 g/mol. The maximum atomic E-state index is 13.0. The van der Waals surface area contributed by atoms with Crippen LogP contribution in [0, 0.1) is 11.3 Å². The number of hydrogen-bond donors (Lipinski definition) is 0. The molecule has 3 fully saturated rings. The number of anilines is 2. The van der Waals surface area contributed by atoms with E-state index in [2.05, 4.69) is 38.1 Å². The quantitative estimate of drug-likeness (QED) is 0.354. The van der Waals surface area contributed by atoms with E-state index in [1.54, 1.807) is 17.8 Å². The maximum absolute atomic E-state index is 13.0. The summed E-state index contributed by atoms with van der Waals surface area (Å²) in [6.45, 7) is 2.58. The smallest absolute Gasteiger partial charge is 0.212 e. The van der Waals surface area contributed by atoms with Crippen molar-refractivity contribution in [2.75, 3.05) is 50.3 Å². The number of nitrogens with zero attached hydrogens (tertiary/aromatic N) is 8. The van der Waals surface area contributed by atoms with Crippen molar-refractivity contribution in [3.05, 3.63) is 66.2 Å². The Morgan fingerprint density at radius 3 is 2.63 bits per heavy atom. The van der Waals surface area contributed by atoms with E-state index in [0.717, 1.165) is 47.8 Å². The van der Waals surface area contributed by atoms with Crippen LogP contribution in [0.2, 0.25) is 0 Å². The number of aromatic nitrogens is 4. The molecule has 7 heterocycles. The monoisotopic (exact) mass is 512 g/mol. The van der Waals surface area contributed by atoms with Crippen molar-refractivity contribution in [1.82, 2.24) is 24.5 Å². The number of rotatable bonds is 8. The second-order valence-electron chi connectivity index (χ2n) is 9.92. The SMILES string of the molecule is COc1ccc(CN2C3CC2CN(c2ccc(-c4cc(N(C)CCF)cn5ncc(C#N)c45)cn2)C3)cn1. The number of piperazine rings is 1. The molecule has 0 aromatic carbocycles. The van der Waals surface area contributed by atoms with E-state index in [0.29, 0.717) is 23.5 Å². The van der Waals surface area contributed by atoms with Gasteiger partial charge in [0, 0.05) is 74.9 Å². The van der Waals surface area contributed by atoms with Gasteiger partial charge in [-0.05, 0) is 30.2 Å². The predicted octanol–water partition coefficient (Wildman–Crippen LogP) is 3.54. The van der Waals surface area contributed by atoms with Crippen molar-refractivity contribution in [2.24, 2.45) is 0 Å². The molecule has 194 valence electrons. The summed E-state index contributed by atoms with van der Waals surface area (Å²) in [5.74, 6) is 1.58. The van der Waals surface area contributed by atoms with Gasteiger partial charge in [-0.2, -0.15) is 10.4 Å². The number of fused-ring (bicyclic) bond motifs is 3. The average molecular weight is 513 g/mol. The first kappa shape index (κ1) is 24.1. The molecule has 3 saturated heterocycles. The Balaban J connectivity index is 1.20. The van der Waals surface area contributed by atoms with Crippen LogP contribution in [-0.4, -0.2) is 77.0 Å². The molecule has 0 radical (unpaired) electrons. The topological polar surface area (TPSA) is 85.8 Å². The standard InChI is InChI=1S/C28H29FN8O/c1-34(8-7-29)22-10-25(28-21(11-30)14-33-37(28)18-22)20-4-5-26(31-13-20)35-16-23-9-24(17-35)36(23)15-19-3-6-27(38-2)32-12-19/h3-6,10,12-14,18,23-24H,7-9,15-17H2,1-2H3. The second-order valence-corrected chi connectivity index (χ2v) is 9.92. The van der Waals surface area contributed by atoms with Gasteiger partial charge in [-0.1, -0.05) is 6.07 Å². The first-order valence-corrected chi connectivity index (χ1v) is 12.7. The Hall–Kier alpha value is -4.23. The Labute approximate surface area is 220 Å². The maximum Gasteiger partial charge on any atom is 0.212 e. The molecule has 9 nitrogen and oxygen atoms in total. The van der Waals surface area contributed by atoms with Crippen molar-refractivity contribution in [2.45, 2.75) is 25.0 Å². The van der Waals surface area contributed by atoms with Crippen LogP contribution in [0.15, 0.2) is 55.1 Å². The van der Waals surface area contributed by atoms with Gasteiger partial charge in [0.1, 0.15) is 18.6 Å². The lowest BCUT2D eigenvalue weighted by atomic mass is 9.87. The normalized spacial score (nSPS) is 18.7. The summed E-state index contributed by atoms with van der Waals surface area (Å²) in [6.07, 6.45) is 8.34. The van der Waals surface area contributed by atoms with Gasteiger partial charge in [0.2, 0.25) is 5.88 Å². The lowest BCUT2D eigenvalue weighted by Crippen LogP contribution is -2.68. The Kier molecular flexibility index (Phi) is 6.29. The molecule has 0 aliphatic carbocycles. The van der Waals surface area contributed by atoms with E-state index in [1.165, 1.54) is 12.0 Å². The first-order valence-electron chi connectivity index (χ1n) is 12.7. The van der Waals surface area contributed by atoms with E-state index < -0.39 is 6.67 Å². The van der Waals surface area contributed by atoms with Crippen LogP contribution >= 0.6 is 0 Å². The zero-order valence-electron chi connectivity index (χ0n) is 21.5. The van der Waals surface area contributed by atoms with Gasteiger partial charge in [-0.3, -0.25) is 4.90 Å². The summed E-state index contributed by atoms with van der Waals surface area (Å²) in [5.41, 5.74) is 4.97. The van der Waals surface area contributed by atoms with Crippen LogP contribution in [0.25, 0.3) is 16.6 Å². The summed E-state index contributed by atoms with van der Waals surface area (Å²) >= 11 is 0. The van der Waals surface area contributed by atoms with Crippen LogP contribution in [0.3, 0.4) is 0 Å². The molecule has 0 N–H and O–H groups in total. The zero-order chi connectivity index (χ0) is 26.2. The molecule has 0 saturated carbocycles. The van der Waals surface area contributed by atoms with E-state index in [-0.39, 0.29) is 6.54 Å². The highest BCUT2D eigenvalue weighted by Gasteiger charge is 2.44. The van der Waals surface area contributed by atoms with Gasteiger partial charge in [0.25, 0.3) is 0 Å². The third kappa shape index (κ3) is 4.29. The Bertz CT molecular complexity index is 1470. The van der Waals surface area contributed by atoms with Crippen LogP contribution in [-0.2, 0) is 6.54 Å². The molecule has 2 bridgehead atoms. The molecule has 0 amide bonds. The summed E-state index contributed by atoms with van der Waals surface area (Å²) < 4.78 is 19.9. The predicted molar refractivity (Wildman–Crippen MR) is 143 cm³/mol. The van der Waals surface area contributed by atoms with Gasteiger partial charge in [-0.15, -0.1) is 0 Å². The van der Waals surface area contributed by atoms with Gasteiger partial charge in [0.05, 0.1) is 36.3 Å². The Morgan fingerprint density at radius 2 is 1.97 bits per heavy atom. The number of alkyl halides is 1. The number of nitriles is 1. The number of halogens is 1. The number of pyridine rings is 3. The highest BCUT2D eigenvalue weighted by Crippen LogP contribution is 2.36. The minimum absolute atomic E-state index is 0.276. The molecule has 2 atom stereocenters. The number of piperidine rings is 1. The minimum atomic E-state index is -0.449. The lowest BCUT2D eigenvalue weighted by Gasteiger charge is -2.56. The molecule has 2 unspecified atom stereocenters. The zero-order valence-corrected chi connectivity index (χ0v) is 21.5. The largest absolute Gasteiger partial charge is 0.481 e. The highest BCUT2D eigenvalue weighted by atomic mass is 19.1. The van der Waals surface area contributed by atoms with E-state index in [4.69, 9.17) is 9.72 Å². The van der Waals surface area contributed by atoms with Crippen molar-refractivity contribution in [3.63, 3.8) is 0 Å². The fourth-order valence-corrected chi connectivity index (χ4v) is 5.57. The highest BCUT2D eigenvalue weighted by molar-refractivity contribution is 5.86. The lowest BCUT2D eigenvalue weighted by molar-refractivity contribution is -0.00876. The molecular formula is C28H29FN8O. The van der Waals surface area contributed by atoms with Crippen molar-refractivity contribution < 1.29 is 9.13 Å². The van der Waals surface area contributed by atoms with Crippen molar-refractivity contribution in [3.8, 4) is 23.1 Å². The average Bonchev–Trinajstić information content (AvgIpc) is 3.39. The molecule has 4 aromatic rings. The van der Waals surface area contributed by atoms with E-state index in [1.807, 2.05) is 48.7 Å². The molecule has 7 rings (SSSR count). The van der Waals surface area contributed by atoms with Crippen LogP contribution < -0.4 is 14.5 Å². The van der Waals surface area contributed by atoms with Gasteiger partial charge in [0.15, 0.2) is 0 Å². The summed E-state index contributed by atoms with van der Waals surface area (Å²) in [5, 5.41) is 14.0. The third-order valence-electron chi connectivity index (χ3n) is 7.68. The van der Waals surface area contributed by atoms with E-state index >= 15 is 0 Å². The van der Waals surface area contributed by atoms with Gasteiger partial charge in [-0.25, -0.2) is 18.9 Å². The van der Waals surface area contributed by atoms with Crippen LogP contribution in [0.1, 0.15) is 17.5 Å². The summed E-state index contributed by atoms with van der Waals surface area (Å²) in [4.78, 5) is 15.9. The van der Waals surface area contributed by atoms with Crippen LogP contribution in [0.5, 0.6) is 5.88 Å². The second kappa shape index (κ2) is 9.91.